The Morgan fingerprint density at radius 1 is 0.938 bits per heavy atom. The van der Waals surface area contributed by atoms with Gasteiger partial charge in [0, 0.05) is 5.56 Å². The van der Waals surface area contributed by atoms with Crippen molar-refractivity contribution < 1.29 is 14.1 Å². The van der Waals surface area contributed by atoms with Gasteiger partial charge in [0.2, 0.25) is 0 Å². The summed E-state index contributed by atoms with van der Waals surface area (Å²) in [5, 5.41) is 6.84. The molecule has 1 aromatic heterocycles. The molecule has 5 nitrogen and oxygen atoms in total. The first-order chi connectivity index (χ1) is 15.5. The van der Waals surface area contributed by atoms with Crippen LogP contribution in [0, 0.1) is 6.92 Å². The molecule has 0 radical (unpaired) electrons. The second-order valence-corrected chi connectivity index (χ2v) is 7.68. The Morgan fingerprint density at radius 2 is 1.53 bits per heavy atom. The lowest BCUT2D eigenvalue weighted by Crippen LogP contribution is -2.16. The number of nitrogens with zero attached hydrogens (tertiary/aromatic N) is 1. The summed E-state index contributed by atoms with van der Waals surface area (Å²) in [5.74, 6) is 0.500. The van der Waals surface area contributed by atoms with Gasteiger partial charge >= 0.3 is 6.09 Å². The van der Waals surface area contributed by atoms with Crippen molar-refractivity contribution >= 4 is 11.8 Å². The first-order valence-electron chi connectivity index (χ1n) is 10.7. The Morgan fingerprint density at radius 3 is 2.16 bits per heavy atom. The summed E-state index contributed by atoms with van der Waals surface area (Å²) < 4.78 is 11.1. The lowest BCUT2D eigenvalue weighted by molar-refractivity contribution is 0.121. The molecule has 1 unspecified atom stereocenters. The van der Waals surface area contributed by atoms with Crippen molar-refractivity contribution in [1.29, 1.82) is 0 Å². The number of hydrogen-bond acceptors (Lipinski definition) is 4. The van der Waals surface area contributed by atoms with Gasteiger partial charge in [0.15, 0.2) is 5.76 Å². The fourth-order valence-electron chi connectivity index (χ4n) is 3.55. The summed E-state index contributed by atoms with van der Waals surface area (Å²) >= 11 is 0. The first kappa shape index (κ1) is 21.4. The van der Waals surface area contributed by atoms with Crippen LogP contribution in [0.2, 0.25) is 0 Å². The molecular weight excluding hydrogens is 400 g/mol. The van der Waals surface area contributed by atoms with Crippen LogP contribution in [-0.2, 0) is 11.2 Å². The zero-order chi connectivity index (χ0) is 22.5. The molecule has 0 fully saturated rings. The van der Waals surface area contributed by atoms with Crippen LogP contribution in [-0.4, -0.2) is 11.2 Å². The summed E-state index contributed by atoms with van der Waals surface area (Å²) in [6, 6.07) is 26.1. The maximum Gasteiger partial charge on any atom is 0.412 e. The van der Waals surface area contributed by atoms with Gasteiger partial charge < -0.3 is 9.26 Å². The highest BCUT2D eigenvalue weighted by Crippen LogP contribution is 2.33. The number of aromatic nitrogens is 1. The van der Waals surface area contributed by atoms with Crippen molar-refractivity contribution in [2.24, 2.45) is 0 Å². The molecule has 0 aliphatic carbocycles. The van der Waals surface area contributed by atoms with E-state index >= 15 is 0 Å². The quantitative estimate of drug-likeness (QED) is 0.354. The maximum atomic E-state index is 12.5. The molecule has 1 atom stereocenters. The van der Waals surface area contributed by atoms with E-state index in [9.17, 15) is 4.79 Å². The number of amides is 1. The van der Waals surface area contributed by atoms with Gasteiger partial charge in [0.25, 0.3) is 0 Å². The standard InChI is InChI=1S/C27H26N2O3/c1-4-20-10-12-22(13-11-20)23-14-16-24(17-15-23)26-25(18(2)29-32-26)28-27(30)31-19(3)21-8-6-5-7-9-21/h5-17,19H,4H2,1-3H3,(H,28,30). The van der Waals surface area contributed by atoms with Crippen LogP contribution in [0.15, 0.2) is 83.4 Å². The molecule has 1 N–H and O–H groups in total. The van der Waals surface area contributed by atoms with Crippen molar-refractivity contribution in [3.05, 3.63) is 95.7 Å². The van der Waals surface area contributed by atoms with E-state index in [2.05, 4.69) is 41.7 Å². The fourth-order valence-corrected chi connectivity index (χ4v) is 3.55. The molecule has 5 heteroatoms. The van der Waals surface area contributed by atoms with E-state index in [4.69, 9.17) is 9.26 Å². The van der Waals surface area contributed by atoms with Crippen LogP contribution >= 0.6 is 0 Å². The second-order valence-electron chi connectivity index (χ2n) is 7.68. The van der Waals surface area contributed by atoms with Crippen molar-refractivity contribution in [3.63, 3.8) is 0 Å². The second kappa shape index (κ2) is 9.52. The fraction of sp³-hybridized carbons (Fsp3) is 0.185. The van der Waals surface area contributed by atoms with Crippen molar-refractivity contribution in [1.82, 2.24) is 5.16 Å². The molecule has 0 saturated carbocycles. The van der Waals surface area contributed by atoms with Gasteiger partial charge in [-0.05, 0) is 42.5 Å². The van der Waals surface area contributed by atoms with E-state index < -0.39 is 6.09 Å². The van der Waals surface area contributed by atoms with Gasteiger partial charge in [-0.25, -0.2) is 4.79 Å². The van der Waals surface area contributed by atoms with Crippen LogP contribution < -0.4 is 5.32 Å². The van der Waals surface area contributed by atoms with Gasteiger partial charge in [-0.15, -0.1) is 0 Å². The predicted molar refractivity (Wildman–Crippen MR) is 126 cm³/mol. The van der Waals surface area contributed by atoms with Crippen molar-refractivity contribution in [2.45, 2.75) is 33.3 Å². The average molecular weight is 427 g/mol. The number of benzene rings is 3. The largest absolute Gasteiger partial charge is 0.441 e. The minimum atomic E-state index is -0.554. The van der Waals surface area contributed by atoms with E-state index in [-0.39, 0.29) is 6.10 Å². The van der Waals surface area contributed by atoms with Crippen LogP contribution in [0.5, 0.6) is 0 Å². The van der Waals surface area contributed by atoms with Gasteiger partial charge in [-0.1, -0.05) is 90.9 Å². The third kappa shape index (κ3) is 4.72. The molecule has 0 aliphatic rings. The van der Waals surface area contributed by atoms with Crippen molar-refractivity contribution in [2.75, 3.05) is 5.32 Å². The molecule has 3 aromatic carbocycles. The van der Waals surface area contributed by atoms with Gasteiger partial charge in [0.05, 0.1) is 0 Å². The first-order valence-corrected chi connectivity index (χ1v) is 10.7. The minimum absolute atomic E-state index is 0.377. The zero-order valence-corrected chi connectivity index (χ0v) is 18.5. The van der Waals surface area contributed by atoms with Gasteiger partial charge in [-0.2, -0.15) is 0 Å². The Hall–Kier alpha value is -3.86. The van der Waals surface area contributed by atoms with Crippen molar-refractivity contribution in [3.8, 4) is 22.5 Å². The summed E-state index contributed by atoms with van der Waals surface area (Å²) in [4.78, 5) is 12.5. The number of rotatable bonds is 6. The average Bonchev–Trinajstić information content (AvgIpc) is 3.19. The highest BCUT2D eigenvalue weighted by Gasteiger charge is 2.20. The maximum absolute atomic E-state index is 12.5. The highest BCUT2D eigenvalue weighted by molar-refractivity contribution is 5.91. The molecule has 0 bridgehead atoms. The lowest BCUT2D eigenvalue weighted by atomic mass is 10.0. The monoisotopic (exact) mass is 426 g/mol. The molecule has 1 heterocycles. The molecule has 0 aliphatic heterocycles. The Balaban J connectivity index is 1.50. The number of anilines is 1. The number of ether oxygens (including phenoxy) is 1. The Labute approximate surface area is 188 Å². The number of carbonyl (C=O) groups is 1. The van der Waals surface area contributed by atoms with Crippen LogP contribution in [0.25, 0.3) is 22.5 Å². The third-order valence-corrected chi connectivity index (χ3v) is 5.49. The predicted octanol–water partition coefficient (Wildman–Crippen LogP) is 7.19. The highest BCUT2D eigenvalue weighted by atomic mass is 16.6. The summed E-state index contributed by atoms with van der Waals surface area (Å²) in [5.41, 5.74) is 6.42. The van der Waals surface area contributed by atoms with E-state index in [1.165, 1.54) is 5.56 Å². The summed E-state index contributed by atoms with van der Waals surface area (Å²) in [6.45, 7) is 5.77. The van der Waals surface area contributed by atoms with E-state index in [1.807, 2.05) is 61.5 Å². The summed E-state index contributed by atoms with van der Waals surface area (Å²) in [6.07, 6.45) is 0.0894. The minimum Gasteiger partial charge on any atom is -0.441 e. The normalized spacial score (nSPS) is 11.7. The SMILES string of the molecule is CCc1ccc(-c2ccc(-c3onc(C)c3NC(=O)OC(C)c3ccccc3)cc2)cc1. The topological polar surface area (TPSA) is 64.4 Å². The number of nitrogens with one attached hydrogen (secondary N) is 1. The van der Waals surface area contributed by atoms with Gasteiger partial charge in [0.1, 0.15) is 17.5 Å². The van der Waals surface area contributed by atoms with E-state index in [1.54, 1.807) is 6.92 Å². The Kier molecular flexibility index (Phi) is 6.36. The van der Waals surface area contributed by atoms with Gasteiger partial charge in [-0.3, -0.25) is 5.32 Å². The number of carbonyl (C=O) groups excluding carboxylic acids is 1. The van der Waals surface area contributed by atoms with Crippen LogP contribution in [0.1, 0.15) is 36.8 Å². The molecule has 0 spiro atoms. The molecule has 1 amide bonds. The van der Waals surface area contributed by atoms with E-state index in [0.717, 1.165) is 28.7 Å². The number of hydrogen-bond donors (Lipinski definition) is 1. The molecule has 4 aromatic rings. The molecule has 4 rings (SSSR count). The molecule has 162 valence electrons. The molecule has 32 heavy (non-hydrogen) atoms. The number of aryl methyl sites for hydroxylation is 2. The smallest absolute Gasteiger partial charge is 0.412 e. The Bertz CT molecular complexity index is 1180. The van der Waals surface area contributed by atoms with E-state index in [0.29, 0.717) is 17.1 Å². The summed E-state index contributed by atoms with van der Waals surface area (Å²) in [7, 11) is 0. The third-order valence-electron chi connectivity index (χ3n) is 5.49. The van der Waals surface area contributed by atoms with Crippen LogP contribution in [0.3, 0.4) is 0 Å². The molecular formula is C27H26N2O3. The molecule has 0 saturated heterocycles. The lowest BCUT2D eigenvalue weighted by Gasteiger charge is -2.14. The van der Waals surface area contributed by atoms with Crippen LogP contribution in [0.4, 0.5) is 10.5 Å². The zero-order valence-electron chi connectivity index (χ0n) is 18.5.